The van der Waals surface area contributed by atoms with E-state index in [9.17, 15) is 4.79 Å². The maximum atomic E-state index is 12.3. The van der Waals surface area contributed by atoms with Gasteiger partial charge in [-0.2, -0.15) is 9.61 Å². The number of hydrogen-bond donors (Lipinski definition) is 1. The van der Waals surface area contributed by atoms with Crippen LogP contribution in [0.2, 0.25) is 5.02 Å². The molecule has 0 atom stereocenters. The molecule has 2 aromatic heterocycles. The molecule has 0 aliphatic rings. The summed E-state index contributed by atoms with van der Waals surface area (Å²) in [5.41, 5.74) is 4.00. The van der Waals surface area contributed by atoms with Crippen molar-refractivity contribution in [2.75, 3.05) is 6.54 Å². The van der Waals surface area contributed by atoms with Gasteiger partial charge in [-0.25, -0.2) is 4.98 Å². The molecule has 0 aliphatic carbocycles. The monoisotopic (exact) mass is 320 g/mol. The van der Waals surface area contributed by atoms with E-state index in [0.717, 1.165) is 16.9 Å². The van der Waals surface area contributed by atoms with Crippen LogP contribution < -0.4 is 5.32 Å². The Kier molecular flexibility index (Phi) is 3.90. The Morgan fingerprint density at radius 3 is 2.90 bits per heavy atom. The van der Waals surface area contributed by atoms with Gasteiger partial charge in [0.25, 0.3) is 5.91 Å². The number of fused-ring (bicyclic) bond motifs is 1. The number of amides is 1. The molecule has 0 spiro atoms. The molecule has 3 rings (SSSR count). The van der Waals surface area contributed by atoms with Crippen molar-refractivity contribution in [3.05, 3.63) is 51.7 Å². The van der Waals surface area contributed by atoms with Crippen molar-refractivity contribution in [1.29, 1.82) is 0 Å². The average molecular weight is 321 g/mol. The van der Waals surface area contributed by atoms with Gasteiger partial charge in [0.05, 0.1) is 5.69 Å². The zero-order valence-corrected chi connectivity index (χ0v) is 12.9. The van der Waals surface area contributed by atoms with Crippen molar-refractivity contribution < 1.29 is 4.79 Å². The van der Waals surface area contributed by atoms with Crippen LogP contribution in [0.5, 0.6) is 0 Å². The van der Waals surface area contributed by atoms with E-state index in [2.05, 4.69) is 15.4 Å². The number of benzene rings is 1. The second kappa shape index (κ2) is 5.83. The van der Waals surface area contributed by atoms with Crippen LogP contribution in [-0.4, -0.2) is 27.0 Å². The minimum absolute atomic E-state index is 0.153. The predicted octanol–water partition coefficient (Wildman–Crippen LogP) is 2.73. The Morgan fingerprint density at radius 2 is 2.14 bits per heavy atom. The van der Waals surface area contributed by atoms with Crippen LogP contribution in [0.1, 0.15) is 21.7 Å². The number of nitrogens with one attached hydrogen (secondary N) is 1. The lowest BCUT2D eigenvalue weighted by Crippen LogP contribution is -2.27. The number of rotatable bonds is 4. The van der Waals surface area contributed by atoms with Gasteiger partial charge in [-0.1, -0.05) is 35.1 Å². The third kappa shape index (κ3) is 2.91. The summed E-state index contributed by atoms with van der Waals surface area (Å²) in [6.07, 6.45) is 0.751. The van der Waals surface area contributed by atoms with Crippen molar-refractivity contribution in [2.45, 2.75) is 13.3 Å². The Labute approximate surface area is 130 Å². The fourth-order valence-electron chi connectivity index (χ4n) is 2.11. The Bertz CT molecular complexity index is 778. The van der Waals surface area contributed by atoms with E-state index in [1.807, 2.05) is 31.2 Å². The summed E-state index contributed by atoms with van der Waals surface area (Å²) < 4.78 is 1.58. The fraction of sp³-hybridized carbons (Fsp3) is 0.214. The minimum Gasteiger partial charge on any atom is -0.350 e. The lowest BCUT2D eigenvalue weighted by atomic mass is 10.1. The average Bonchev–Trinajstić information content (AvgIpc) is 3.00. The summed E-state index contributed by atoms with van der Waals surface area (Å²) in [4.78, 5) is 17.3. The van der Waals surface area contributed by atoms with Gasteiger partial charge in [0, 0.05) is 11.6 Å². The van der Waals surface area contributed by atoms with Crippen molar-refractivity contribution >= 4 is 33.8 Å². The highest BCUT2D eigenvalue weighted by Crippen LogP contribution is 2.14. The lowest BCUT2D eigenvalue weighted by Gasteiger charge is -2.05. The summed E-state index contributed by atoms with van der Waals surface area (Å²) in [7, 11) is 0. The number of aromatic nitrogens is 3. The van der Waals surface area contributed by atoms with Crippen LogP contribution in [0.25, 0.3) is 4.96 Å². The zero-order valence-electron chi connectivity index (χ0n) is 11.3. The molecule has 5 nitrogen and oxygen atoms in total. The van der Waals surface area contributed by atoms with Crippen LogP contribution in [0.4, 0.5) is 0 Å². The van der Waals surface area contributed by atoms with Gasteiger partial charge >= 0.3 is 0 Å². The largest absolute Gasteiger partial charge is 0.350 e. The molecular formula is C14H13ClN4OS. The van der Waals surface area contributed by atoms with Gasteiger partial charge in [0.1, 0.15) is 5.51 Å². The zero-order chi connectivity index (χ0) is 14.8. The molecule has 0 saturated heterocycles. The molecule has 0 fully saturated rings. The van der Waals surface area contributed by atoms with Crippen LogP contribution in [0.3, 0.4) is 0 Å². The molecular weight excluding hydrogens is 308 g/mol. The Balaban J connectivity index is 1.65. The van der Waals surface area contributed by atoms with E-state index in [4.69, 9.17) is 11.6 Å². The first-order chi connectivity index (χ1) is 10.1. The first-order valence-electron chi connectivity index (χ1n) is 6.46. The minimum atomic E-state index is -0.153. The van der Waals surface area contributed by atoms with E-state index in [1.54, 1.807) is 10.0 Å². The molecule has 1 amide bonds. The second-order valence-electron chi connectivity index (χ2n) is 4.61. The SMILES string of the molecule is Cc1nc2scnn2c1C(=O)NCCc1ccc(Cl)cc1. The summed E-state index contributed by atoms with van der Waals surface area (Å²) in [6.45, 7) is 2.37. The second-order valence-corrected chi connectivity index (χ2v) is 5.86. The molecule has 7 heteroatoms. The molecule has 0 saturated carbocycles. The standard InChI is InChI=1S/C14H13ClN4OS/c1-9-12(19-14(18-9)21-8-17-19)13(20)16-7-6-10-2-4-11(15)5-3-10/h2-5,8H,6-7H2,1H3,(H,16,20). The smallest absolute Gasteiger partial charge is 0.271 e. The van der Waals surface area contributed by atoms with Crippen molar-refractivity contribution in [3.63, 3.8) is 0 Å². The highest BCUT2D eigenvalue weighted by Gasteiger charge is 2.17. The van der Waals surface area contributed by atoms with E-state index in [1.165, 1.54) is 11.3 Å². The lowest BCUT2D eigenvalue weighted by molar-refractivity contribution is 0.0946. The maximum absolute atomic E-state index is 12.3. The molecule has 2 heterocycles. The number of halogens is 1. The summed E-state index contributed by atoms with van der Waals surface area (Å²) in [6, 6.07) is 7.60. The van der Waals surface area contributed by atoms with Crippen molar-refractivity contribution in [3.8, 4) is 0 Å². The maximum Gasteiger partial charge on any atom is 0.271 e. The van der Waals surface area contributed by atoms with Gasteiger partial charge < -0.3 is 5.32 Å². The number of nitrogens with zero attached hydrogens (tertiary/aromatic N) is 3. The van der Waals surface area contributed by atoms with Crippen molar-refractivity contribution in [1.82, 2.24) is 19.9 Å². The van der Waals surface area contributed by atoms with Gasteiger partial charge in [-0.3, -0.25) is 4.79 Å². The third-order valence-corrected chi connectivity index (χ3v) is 4.07. The van der Waals surface area contributed by atoms with E-state index >= 15 is 0 Å². The van der Waals surface area contributed by atoms with Crippen LogP contribution in [0.15, 0.2) is 29.8 Å². The van der Waals surface area contributed by atoms with Crippen LogP contribution >= 0.6 is 22.9 Å². The predicted molar refractivity (Wildman–Crippen MR) is 83.1 cm³/mol. The summed E-state index contributed by atoms with van der Waals surface area (Å²) in [5.74, 6) is -0.153. The first-order valence-corrected chi connectivity index (χ1v) is 7.72. The summed E-state index contributed by atoms with van der Waals surface area (Å²) >= 11 is 7.25. The van der Waals surface area contributed by atoms with Gasteiger partial charge in [0.2, 0.25) is 4.96 Å². The van der Waals surface area contributed by atoms with Gasteiger partial charge in [0.15, 0.2) is 5.69 Å². The van der Waals surface area contributed by atoms with Gasteiger partial charge in [-0.05, 0) is 31.0 Å². The number of carbonyl (C=O) groups is 1. The van der Waals surface area contributed by atoms with Crippen LogP contribution in [-0.2, 0) is 6.42 Å². The van der Waals surface area contributed by atoms with E-state index in [0.29, 0.717) is 23.0 Å². The molecule has 1 N–H and O–H groups in total. The summed E-state index contributed by atoms with van der Waals surface area (Å²) in [5, 5.41) is 7.75. The molecule has 3 aromatic rings. The van der Waals surface area contributed by atoms with Crippen molar-refractivity contribution in [2.24, 2.45) is 0 Å². The molecule has 0 unspecified atom stereocenters. The highest BCUT2D eigenvalue weighted by molar-refractivity contribution is 7.14. The normalized spacial score (nSPS) is 11.0. The number of aryl methyl sites for hydroxylation is 1. The molecule has 1 aromatic carbocycles. The number of hydrogen-bond acceptors (Lipinski definition) is 4. The Morgan fingerprint density at radius 1 is 1.38 bits per heavy atom. The number of imidazole rings is 1. The molecule has 0 radical (unpaired) electrons. The molecule has 108 valence electrons. The molecule has 0 aliphatic heterocycles. The van der Waals surface area contributed by atoms with Gasteiger partial charge in [-0.15, -0.1) is 0 Å². The highest BCUT2D eigenvalue weighted by atomic mass is 35.5. The Hall–Kier alpha value is -1.92. The van der Waals surface area contributed by atoms with Crippen LogP contribution in [0, 0.1) is 6.92 Å². The van der Waals surface area contributed by atoms with E-state index in [-0.39, 0.29) is 5.91 Å². The molecule has 0 bridgehead atoms. The third-order valence-electron chi connectivity index (χ3n) is 3.15. The first kappa shape index (κ1) is 14.0. The fourth-order valence-corrected chi connectivity index (χ4v) is 2.90. The topological polar surface area (TPSA) is 59.3 Å². The molecule has 21 heavy (non-hydrogen) atoms. The quantitative estimate of drug-likeness (QED) is 0.804. The van der Waals surface area contributed by atoms with E-state index < -0.39 is 0 Å². The number of carbonyl (C=O) groups excluding carboxylic acids is 1.